The van der Waals surface area contributed by atoms with E-state index in [1.807, 2.05) is 4.72 Å². The predicted molar refractivity (Wildman–Crippen MR) is 71.6 cm³/mol. The molecular weight excluding hydrogens is 328 g/mol. The standard InChI is InChI=1S/C10H11ClN2O7S/c11-7-2-1-6(13(17)18)5-9(7)21(19,20)12-8(3-4-14)10(15)16/h1-2,5,8,12,14H,3-4H2,(H,15,16)/t8-/m0/s1. The van der Waals surface area contributed by atoms with Crippen LogP contribution in [0, 0.1) is 10.1 Å². The first-order valence-electron chi connectivity index (χ1n) is 5.49. The molecule has 0 fully saturated rings. The number of aliphatic hydroxyl groups excluding tert-OH is 1. The van der Waals surface area contributed by atoms with Crippen molar-refractivity contribution in [3.63, 3.8) is 0 Å². The third kappa shape index (κ3) is 4.36. The molecule has 0 bridgehead atoms. The van der Waals surface area contributed by atoms with Crippen molar-refractivity contribution in [2.45, 2.75) is 17.4 Å². The first kappa shape index (κ1) is 17.3. The molecule has 0 aliphatic rings. The number of nitro groups is 1. The molecule has 0 radical (unpaired) electrons. The number of non-ortho nitro benzene ring substituents is 1. The molecule has 1 aromatic carbocycles. The summed E-state index contributed by atoms with van der Waals surface area (Å²) in [6, 6.07) is 1.19. The fourth-order valence-electron chi connectivity index (χ4n) is 1.42. The Kier molecular flexibility index (Phi) is 5.61. The molecule has 116 valence electrons. The Labute approximate surface area is 124 Å². The summed E-state index contributed by atoms with van der Waals surface area (Å²) in [5.74, 6) is -1.49. The molecule has 0 unspecified atom stereocenters. The second-order valence-corrected chi connectivity index (χ2v) is 5.99. The van der Waals surface area contributed by atoms with Gasteiger partial charge < -0.3 is 10.2 Å². The number of aliphatic hydroxyl groups is 1. The highest BCUT2D eigenvalue weighted by Crippen LogP contribution is 2.26. The van der Waals surface area contributed by atoms with Gasteiger partial charge in [-0.3, -0.25) is 14.9 Å². The van der Waals surface area contributed by atoms with Crippen molar-refractivity contribution in [2.75, 3.05) is 6.61 Å². The Morgan fingerprint density at radius 3 is 2.57 bits per heavy atom. The highest BCUT2D eigenvalue weighted by Gasteiger charge is 2.28. The first-order chi connectivity index (χ1) is 9.69. The average molecular weight is 339 g/mol. The van der Waals surface area contributed by atoms with E-state index in [9.17, 15) is 23.3 Å². The van der Waals surface area contributed by atoms with Crippen molar-refractivity contribution in [2.24, 2.45) is 0 Å². The maximum Gasteiger partial charge on any atom is 0.321 e. The molecule has 3 N–H and O–H groups in total. The van der Waals surface area contributed by atoms with Crippen LogP contribution in [0.2, 0.25) is 5.02 Å². The maximum absolute atomic E-state index is 12.1. The fourth-order valence-corrected chi connectivity index (χ4v) is 3.17. The van der Waals surface area contributed by atoms with Crippen LogP contribution in [0.15, 0.2) is 23.1 Å². The number of nitrogens with zero attached hydrogens (tertiary/aromatic N) is 1. The highest BCUT2D eigenvalue weighted by atomic mass is 35.5. The zero-order valence-corrected chi connectivity index (χ0v) is 12.0. The van der Waals surface area contributed by atoms with Crippen LogP contribution in [0.25, 0.3) is 0 Å². The minimum atomic E-state index is -4.39. The number of sulfonamides is 1. The maximum atomic E-state index is 12.1. The van der Waals surface area contributed by atoms with Gasteiger partial charge in [-0.1, -0.05) is 11.6 Å². The quantitative estimate of drug-likeness (QED) is 0.480. The summed E-state index contributed by atoms with van der Waals surface area (Å²) in [6.45, 7) is -0.553. The van der Waals surface area contributed by atoms with E-state index >= 15 is 0 Å². The van der Waals surface area contributed by atoms with E-state index < -0.39 is 44.1 Å². The number of carboxylic acid groups (broad SMARTS) is 1. The lowest BCUT2D eigenvalue weighted by molar-refractivity contribution is -0.385. The van der Waals surface area contributed by atoms with Crippen LogP contribution in [-0.4, -0.2) is 42.2 Å². The second kappa shape index (κ2) is 6.80. The SMILES string of the molecule is O=C(O)[C@H](CCO)NS(=O)(=O)c1cc([N+](=O)[O-])ccc1Cl. The van der Waals surface area contributed by atoms with Crippen molar-refractivity contribution in [3.05, 3.63) is 33.3 Å². The van der Waals surface area contributed by atoms with Gasteiger partial charge in [-0.05, 0) is 12.5 Å². The number of halogens is 1. The zero-order valence-electron chi connectivity index (χ0n) is 10.4. The minimum Gasteiger partial charge on any atom is -0.480 e. The summed E-state index contributed by atoms with van der Waals surface area (Å²) in [6.07, 6.45) is -0.360. The van der Waals surface area contributed by atoms with E-state index in [1.165, 1.54) is 0 Å². The first-order valence-corrected chi connectivity index (χ1v) is 7.35. The van der Waals surface area contributed by atoms with Gasteiger partial charge in [-0.2, -0.15) is 4.72 Å². The number of aliphatic carboxylic acids is 1. The smallest absolute Gasteiger partial charge is 0.321 e. The lowest BCUT2D eigenvalue weighted by Crippen LogP contribution is -2.41. The number of rotatable bonds is 7. The van der Waals surface area contributed by atoms with E-state index in [4.69, 9.17) is 21.8 Å². The van der Waals surface area contributed by atoms with Gasteiger partial charge in [0.2, 0.25) is 10.0 Å². The van der Waals surface area contributed by atoms with Crippen molar-refractivity contribution in [3.8, 4) is 0 Å². The number of benzene rings is 1. The fraction of sp³-hybridized carbons (Fsp3) is 0.300. The minimum absolute atomic E-state index is 0.291. The van der Waals surface area contributed by atoms with E-state index in [0.29, 0.717) is 0 Å². The van der Waals surface area contributed by atoms with Crippen LogP contribution < -0.4 is 4.72 Å². The van der Waals surface area contributed by atoms with E-state index in [2.05, 4.69) is 0 Å². The Morgan fingerprint density at radius 1 is 1.48 bits per heavy atom. The highest BCUT2D eigenvalue weighted by molar-refractivity contribution is 7.89. The molecule has 1 aromatic rings. The summed E-state index contributed by atoms with van der Waals surface area (Å²) >= 11 is 5.69. The average Bonchev–Trinajstić information content (AvgIpc) is 2.37. The molecule has 1 atom stereocenters. The molecule has 0 amide bonds. The van der Waals surface area contributed by atoms with Crippen molar-refractivity contribution in [1.82, 2.24) is 4.72 Å². The van der Waals surface area contributed by atoms with E-state index in [-0.39, 0.29) is 11.4 Å². The second-order valence-electron chi connectivity index (χ2n) is 3.90. The van der Waals surface area contributed by atoms with Crippen LogP contribution in [0.4, 0.5) is 5.69 Å². The van der Waals surface area contributed by atoms with Crippen molar-refractivity contribution in [1.29, 1.82) is 0 Å². The lowest BCUT2D eigenvalue weighted by atomic mass is 10.2. The third-order valence-corrected chi connectivity index (χ3v) is 4.38. The summed E-state index contributed by atoms with van der Waals surface area (Å²) in [5.41, 5.74) is -0.506. The van der Waals surface area contributed by atoms with E-state index in [1.54, 1.807) is 0 Å². The Hall–Kier alpha value is -1.75. The van der Waals surface area contributed by atoms with Crippen LogP contribution in [-0.2, 0) is 14.8 Å². The molecule has 9 nitrogen and oxygen atoms in total. The molecule has 0 saturated carbocycles. The molecular formula is C10H11ClN2O7S. The zero-order chi connectivity index (χ0) is 16.2. The molecule has 21 heavy (non-hydrogen) atoms. The van der Waals surface area contributed by atoms with Crippen molar-refractivity contribution < 1.29 is 28.3 Å². The number of hydrogen-bond donors (Lipinski definition) is 3. The summed E-state index contributed by atoms with van der Waals surface area (Å²) in [5, 5.41) is 27.9. The normalized spacial score (nSPS) is 12.9. The van der Waals surface area contributed by atoms with Crippen molar-refractivity contribution >= 4 is 33.3 Å². The number of nitrogens with one attached hydrogen (secondary N) is 1. The van der Waals surface area contributed by atoms with Gasteiger partial charge in [-0.25, -0.2) is 8.42 Å². The number of carboxylic acids is 1. The monoisotopic (exact) mass is 338 g/mol. The number of nitro benzene ring substituents is 1. The molecule has 0 spiro atoms. The topological polar surface area (TPSA) is 147 Å². The molecule has 1 rings (SSSR count). The summed E-state index contributed by atoms with van der Waals surface area (Å²) in [7, 11) is -4.39. The Balaban J connectivity index is 3.21. The predicted octanol–water partition coefficient (Wildman–Crippen LogP) is 0.362. The molecule has 0 aliphatic heterocycles. The number of hydrogen-bond acceptors (Lipinski definition) is 6. The van der Waals surface area contributed by atoms with Crippen LogP contribution >= 0.6 is 11.6 Å². The van der Waals surface area contributed by atoms with Crippen LogP contribution in [0.5, 0.6) is 0 Å². The van der Waals surface area contributed by atoms with Gasteiger partial charge in [0.25, 0.3) is 5.69 Å². The lowest BCUT2D eigenvalue weighted by Gasteiger charge is -2.14. The van der Waals surface area contributed by atoms with E-state index in [0.717, 1.165) is 18.2 Å². The molecule has 0 aliphatic carbocycles. The molecule has 0 aromatic heterocycles. The van der Waals surface area contributed by atoms with Crippen LogP contribution in [0.1, 0.15) is 6.42 Å². The Bertz CT molecular complexity index is 661. The van der Waals surface area contributed by atoms with Gasteiger partial charge in [0.05, 0.1) is 9.95 Å². The molecule has 0 saturated heterocycles. The largest absolute Gasteiger partial charge is 0.480 e. The third-order valence-electron chi connectivity index (χ3n) is 2.43. The molecule has 11 heteroatoms. The Morgan fingerprint density at radius 2 is 2.10 bits per heavy atom. The van der Waals surface area contributed by atoms with Gasteiger partial charge in [0, 0.05) is 18.7 Å². The van der Waals surface area contributed by atoms with Crippen LogP contribution in [0.3, 0.4) is 0 Å². The summed E-state index contributed by atoms with van der Waals surface area (Å²) in [4.78, 5) is 20.1. The van der Waals surface area contributed by atoms with Gasteiger partial charge in [0.15, 0.2) is 0 Å². The van der Waals surface area contributed by atoms with Gasteiger partial charge in [0.1, 0.15) is 10.9 Å². The molecule has 0 heterocycles. The van der Waals surface area contributed by atoms with Gasteiger partial charge in [-0.15, -0.1) is 0 Å². The number of carbonyl (C=O) groups is 1. The van der Waals surface area contributed by atoms with Gasteiger partial charge >= 0.3 is 5.97 Å². The summed E-state index contributed by atoms with van der Waals surface area (Å²) < 4.78 is 25.9.